The summed E-state index contributed by atoms with van der Waals surface area (Å²) >= 11 is 0. The van der Waals surface area contributed by atoms with E-state index in [2.05, 4.69) is 34.7 Å². The number of carbonyl (C=O) groups excluding carboxylic acids is 1. The van der Waals surface area contributed by atoms with Crippen molar-refractivity contribution in [1.29, 1.82) is 0 Å². The molecule has 4 rings (SSSR count). The number of nitrogens with one attached hydrogen (secondary N) is 1. The van der Waals surface area contributed by atoms with Crippen LogP contribution in [0.2, 0.25) is 0 Å². The highest BCUT2D eigenvalue weighted by Gasteiger charge is 2.34. The molecule has 2 N–H and O–H groups in total. The molecule has 2 aromatic rings. The lowest BCUT2D eigenvalue weighted by molar-refractivity contribution is -0.120. The lowest BCUT2D eigenvalue weighted by Crippen LogP contribution is -2.31. The highest BCUT2D eigenvalue weighted by Crippen LogP contribution is 2.35. The van der Waals surface area contributed by atoms with Crippen molar-refractivity contribution in [1.82, 2.24) is 9.78 Å². The molecule has 1 aromatic heterocycles. The number of aryl methyl sites for hydroxylation is 1. The summed E-state index contributed by atoms with van der Waals surface area (Å²) in [5, 5.41) is 17.9. The highest BCUT2D eigenvalue weighted by molar-refractivity contribution is 5.90. The van der Waals surface area contributed by atoms with Gasteiger partial charge in [-0.1, -0.05) is 37.1 Å². The Morgan fingerprint density at radius 3 is 2.88 bits per heavy atom. The van der Waals surface area contributed by atoms with Crippen molar-refractivity contribution in [3.05, 3.63) is 47.7 Å². The van der Waals surface area contributed by atoms with Gasteiger partial charge >= 0.3 is 0 Å². The second-order valence-corrected chi connectivity index (χ2v) is 7.42. The van der Waals surface area contributed by atoms with E-state index in [0.717, 1.165) is 44.9 Å². The van der Waals surface area contributed by atoms with Gasteiger partial charge in [0, 0.05) is 6.07 Å². The summed E-state index contributed by atoms with van der Waals surface area (Å²) in [6.45, 7) is 0. The summed E-state index contributed by atoms with van der Waals surface area (Å²) in [4.78, 5) is 12.4. The van der Waals surface area contributed by atoms with Gasteiger partial charge in [-0.05, 0) is 43.2 Å². The van der Waals surface area contributed by atoms with Crippen LogP contribution < -0.4 is 5.32 Å². The van der Waals surface area contributed by atoms with E-state index in [-0.39, 0.29) is 18.4 Å². The van der Waals surface area contributed by atoms with Crippen LogP contribution in [-0.4, -0.2) is 26.4 Å². The number of benzene rings is 1. The Hall–Kier alpha value is -2.14. The summed E-state index contributed by atoms with van der Waals surface area (Å²) < 4.78 is 1.93. The minimum Gasteiger partial charge on any atom is -0.389 e. The number of aromatic nitrogens is 2. The van der Waals surface area contributed by atoms with E-state index in [1.807, 2.05) is 10.7 Å². The fourth-order valence-corrected chi connectivity index (χ4v) is 4.34. The average Bonchev–Trinajstić information content (AvgIpc) is 3.23. The molecular weight excluding hydrogens is 314 g/mol. The number of carbonyl (C=O) groups is 1. The van der Waals surface area contributed by atoms with Crippen molar-refractivity contribution in [3.63, 3.8) is 0 Å². The van der Waals surface area contributed by atoms with Gasteiger partial charge in [-0.15, -0.1) is 0 Å². The van der Waals surface area contributed by atoms with Crippen LogP contribution in [0.3, 0.4) is 0 Å². The summed E-state index contributed by atoms with van der Waals surface area (Å²) in [6, 6.07) is 10.5. The largest absolute Gasteiger partial charge is 0.389 e. The first kappa shape index (κ1) is 16.3. The Morgan fingerprint density at radius 1 is 1.24 bits per heavy atom. The Bertz CT molecular complexity index is 762. The van der Waals surface area contributed by atoms with Gasteiger partial charge in [-0.25, -0.2) is 4.68 Å². The second-order valence-electron chi connectivity index (χ2n) is 7.42. The molecule has 132 valence electrons. The lowest BCUT2D eigenvalue weighted by atomic mass is 9.88. The minimum atomic E-state index is -0.827. The maximum atomic E-state index is 12.4. The third-order valence-corrected chi connectivity index (χ3v) is 5.59. The lowest BCUT2D eigenvalue weighted by Gasteiger charge is -2.27. The zero-order valence-electron chi connectivity index (χ0n) is 14.4. The number of fused-ring (bicyclic) bond motifs is 1. The molecule has 1 unspecified atom stereocenters. The number of amides is 1. The first-order valence-corrected chi connectivity index (χ1v) is 9.28. The van der Waals surface area contributed by atoms with Crippen LogP contribution in [0.5, 0.6) is 0 Å². The van der Waals surface area contributed by atoms with Crippen LogP contribution in [0.4, 0.5) is 5.82 Å². The molecule has 2 aliphatic rings. The van der Waals surface area contributed by atoms with Crippen molar-refractivity contribution < 1.29 is 9.90 Å². The molecule has 2 aliphatic carbocycles. The standard InChI is InChI=1S/C20H25N3O2/c24-19(14-20(25)11-3-4-12-20)22-18-10-13-21-23(18)17-9-5-7-15-6-1-2-8-16(15)17/h1-2,6,8,10,13,17,25H,3-5,7,9,11-12,14H2,(H,22,24). The van der Waals surface area contributed by atoms with Crippen LogP contribution in [0.1, 0.15) is 62.1 Å². The van der Waals surface area contributed by atoms with Crippen LogP contribution in [0, 0.1) is 0 Å². The second kappa shape index (κ2) is 6.64. The Morgan fingerprint density at radius 2 is 2.04 bits per heavy atom. The van der Waals surface area contributed by atoms with E-state index < -0.39 is 5.60 Å². The zero-order chi connectivity index (χ0) is 17.3. The summed E-state index contributed by atoms with van der Waals surface area (Å²) in [7, 11) is 0. The average molecular weight is 339 g/mol. The van der Waals surface area contributed by atoms with E-state index in [1.165, 1.54) is 11.1 Å². The summed E-state index contributed by atoms with van der Waals surface area (Å²) in [6.07, 6.45) is 8.58. The molecule has 0 spiro atoms. The van der Waals surface area contributed by atoms with Gasteiger partial charge in [0.1, 0.15) is 5.82 Å². The van der Waals surface area contributed by atoms with Crippen molar-refractivity contribution in [2.75, 3.05) is 5.32 Å². The van der Waals surface area contributed by atoms with Crippen LogP contribution in [0.15, 0.2) is 36.5 Å². The smallest absolute Gasteiger partial charge is 0.228 e. The molecule has 0 saturated heterocycles. The number of nitrogens with zero attached hydrogens (tertiary/aromatic N) is 2. The van der Waals surface area contributed by atoms with Crippen LogP contribution in [0.25, 0.3) is 0 Å². The highest BCUT2D eigenvalue weighted by atomic mass is 16.3. The third-order valence-electron chi connectivity index (χ3n) is 5.59. The van der Waals surface area contributed by atoms with Gasteiger partial charge in [0.25, 0.3) is 0 Å². The number of rotatable bonds is 4. The molecule has 25 heavy (non-hydrogen) atoms. The Balaban J connectivity index is 1.52. The molecule has 1 amide bonds. The van der Waals surface area contributed by atoms with Gasteiger partial charge in [0.05, 0.1) is 24.3 Å². The van der Waals surface area contributed by atoms with Crippen molar-refractivity contribution in [2.45, 2.75) is 63.0 Å². The molecule has 1 atom stereocenters. The molecule has 1 aromatic carbocycles. The maximum absolute atomic E-state index is 12.4. The van der Waals surface area contributed by atoms with E-state index in [9.17, 15) is 9.90 Å². The topological polar surface area (TPSA) is 67.2 Å². The van der Waals surface area contributed by atoms with Gasteiger partial charge in [-0.2, -0.15) is 5.10 Å². The molecule has 0 aliphatic heterocycles. The molecule has 1 saturated carbocycles. The van der Waals surface area contributed by atoms with Gasteiger partial charge in [0.15, 0.2) is 0 Å². The first-order chi connectivity index (χ1) is 12.1. The van der Waals surface area contributed by atoms with Crippen LogP contribution >= 0.6 is 0 Å². The number of anilines is 1. The molecular formula is C20H25N3O2. The Kier molecular flexibility index (Phi) is 4.34. The zero-order valence-corrected chi connectivity index (χ0v) is 14.4. The van der Waals surface area contributed by atoms with Crippen molar-refractivity contribution in [2.24, 2.45) is 0 Å². The van der Waals surface area contributed by atoms with E-state index in [1.54, 1.807) is 6.20 Å². The molecule has 0 bridgehead atoms. The fourth-order valence-electron chi connectivity index (χ4n) is 4.34. The number of hydrogen-bond donors (Lipinski definition) is 2. The molecule has 5 heteroatoms. The number of aliphatic hydroxyl groups is 1. The summed E-state index contributed by atoms with van der Waals surface area (Å²) in [5.41, 5.74) is 1.83. The van der Waals surface area contributed by atoms with Crippen molar-refractivity contribution in [3.8, 4) is 0 Å². The van der Waals surface area contributed by atoms with E-state index in [4.69, 9.17) is 0 Å². The van der Waals surface area contributed by atoms with E-state index in [0.29, 0.717) is 5.82 Å². The van der Waals surface area contributed by atoms with Crippen molar-refractivity contribution >= 4 is 11.7 Å². The molecule has 0 radical (unpaired) electrons. The Labute approximate surface area is 148 Å². The third kappa shape index (κ3) is 3.33. The molecule has 1 heterocycles. The van der Waals surface area contributed by atoms with Gasteiger partial charge in [0.2, 0.25) is 5.91 Å². The minimum absolute atomic E-state index is 0.129. The monoisotopic (exact) mass is 339 g/mol. The van der Waals surface area contributed by atoms with Gasteiger partial charge in [-0.3, -0.25) is 4.79 Å². The fraction of sp³-hybridized carbons (Fsp3) is 0.500. The normalized spacial score (nSPS) is 21.7. The maximum Gasteiger partial charge on any atom is 0.228 e. The quantitative estimate of drug-likeness (QED) is 0.896. The SMILES string of the molecule is O=C(CC1(O)CCCC1)Nc1ccnn1C1CCCc2ccccc21. The molecule has 1 fully saturated rings. The predicted octanol–water partition coefficient (Wildman–Crippen LogP) is 3.44. The number of hydrogen-bond acceptors (Lipinski definition) is 3. The summed E-state index contributed by atoms with van der Waals surface area (Å²) in [5.74, 6) is 0.587. The van der Waals surface area contributed by atoms with E-state index >= 15 is 0 Å². The van der Waals surface area contributed by atoms with Gasteiger partial charge < -0.3 is 10.4 Å². The predicted molar refractivity (Wildman–Crippen MR) is 96.4 cm³/mol. The molecule has 5 nitrogen and oxygen atoms in total. The van der Waals surface area contributed by atoms with Crippen LogP contribution in [-0.2, 0) is 11.2 Å². The first-order valence-electron chi connectivity index (χ1n) is 9.28.